The van der Waals surface area contributed by atoms with E-state index in [2.05, 4.69) is 0 Å². The van der Waals surface area contributed by atoms with Crippen LogP contribution in [0.3, 0.4) is 0 Å². The fourth-order valence-corrected chi connectivity index (χ4v) is 4.87. The number of hydrogen-bond donors (Lipinski definition) is 1. The van der Waals surface area contributed by atoms with Crippen LogP contribution in [0.2, 0.25) is 10.0 Å². The van der Waals surface area contributed by atoms with Gasteiger partial charge in [0.1, 0.15) is 6.04 Å². The number of carbonyl (C=O) groups excluding carboxylic acids is 4. The molecule has 2 aromatic rings. The summed E-state index contributed by atoms with van der Waals surface area (Å²) in [6, 6.07) is 11.8. The number of amides is 2. The summed E-state index contributed by atoms with van der Waals surface area (Å²) in [7, 11) is 0. The van der Waals surface area contributed by atoms with Crippen LogP contribution in [-0.4, -0.2) is 47.1 Å². The highest BCUT2D eigenvalue weighted by Crippen LogP contribution is 2.29. The number of primary amides is 1. The number of alkyl halides is 3. The maximum absolute atomic E-state index is 13.3. The normalized spacial score (nSPS) is 12.1. The number of nitrogens with two attached hydrogens (primary N) is 1. The van der Waals surface area contributed by atoms with Crippen molar-refractivity contribution in [1.29, 1.82) is 0 Å². The molecule has 1 atom stereocenters. The van der Waals surface area contributed by atoms with Crippen LogP contribution in [0.1, 0.15) is 42.5 Å². The summed E-state index contributed by atoms with van der Waals surface area (Å²) < 4.78 is 37.1. The molecule has 12 heteroatoms. The van der Waals surface area contributed by atoms with Gasteiger partial charge < -0.3 is 5.73 Å². The molecule has 2 amide bonds. The van der Waals surface area contributed by atoms with Crippen LogP contribution < -0.4 is 10.6 Å². The van der Waals surface area contributed by atoms with Crippen LogP contribution >= 0.6 is 35.0 Å². The number of hydrogen-bond acceptors (Lipinski definition) is 5. The van der Waals surface area contributed by atoms with E-state index in [0.717, 1.165) is 11.8 Å². The fourth-order valence-electron chi connectivity index (χ4n) is 3.49. The van der Waals surface area contributed by atoms with Crippen LogP contribution in [0.5, 0.6) is 0 Å². The van der Waals surface area contributed by atoms with Crippen molar-refractivity contribution in [1.82, 2.24) is 0 Å². The first-order valence-corrected chi connectivity index (χ1v) is 13.1. The Labute approximate surface area is 226 Å². The van der Waals surface area contributed by atoms with E-state index in [1.165, 1.54) is 23.1 Å². The minimum Gasteiger partial charge on any atom is -0.368 e. The van der Waals surface area contributed by atoms with E-state index in [1.807, 2.05) is 0 Å². The number of nitrogens with zero attached hydrogens (tertiary/aromatic N) is 1. The van der Waals surface area contributed by atoms with E-state index in [9.17, 15) is 32.3 Å². The Bertz CT molecular complexity index is 1100. The Kier molecular flexibility index (Phi) is 11.9. The van der Waals surface area contributed by atoms with E-state index in [4.69, 9.17) is 28.9 Å². The molecule has 0 aromatic heterocycles. The molecule has 200 valence electrons. The van der Waals surface area contributed by atoms with E-state index in [0.29, 0.717) is 5.56 Å². The van der Waals surface area contributed by atoms with Gasteiger partial charge in [0.15, 0.2) is 5.78 Å². The maximum atomic E-state index is 13.3. The summed E-state index contributed by atoms with van der Waals surface area (Å²) in [6.07, 6.45) is -4.44. The molecule has 2 rings (SSSR count). The second-order valence-corrected chi connectivity index (χ2v) is 10.0. The Balaban J connectivity index is 2.11. The van der Waals surface area contributed by atoms with Crippen LogP contribution in [0.15, 0.2) is 48.5 Å². The predicted octanol–water partition coefficient (Wildman–Crippen LogP) is 5.88. The van der Waals surface area contributed by atoms with E-state index in [-0.39, 0.29) is 59.4 Å². The van der Waals surface area contributed by atoms with Gasteiger partial charge in [0.2, 0.25) is 17.6 Å². The zero-order valence-electron chi connectivity index (χ0n) is 19.6. The number of rotatable bonds is 14. The van der Waals surface area contributed by atoms with Crippen molar-refractivity contribution in [3.63, 3.8) is 0 Å². The molecule has 0 unspecified atom stereocenters. The smallest absolute Gasteiger partial charge is 0.368 e. The second-order valence-electron chi connectivity index (χ2n) is 8.07. The molecule has 37 heavy (non-hydrogen) atoms. The number of halogens is 5. The van der Waals surface area contributed by atoms with Gasteiger partial charge in [0.25, 0.3) is 0 Å². The van der Waals surface area contributed by atoms with Crippen LogP contribution in [0, 0.1) is 0 Å². The second kappa shape index (κ2) is 14.4. The number of benzene rings is 2. The number of Topliss-reactive ketones (excluding diaryl/α,β-unsaturated/α-hetero) is 2. The van der Waals surface area contributed by atoms with Crippen LogP contribution in [-0.2, 0) is 14.4 Å². The minimum absolute atomic E-state index is 0.0291. The number of carbonyl (C=O) groups is 4. The average molecular weight is 577 g/mol. The lowest BCUT2D eigenvalue weighted by molar-refractivity contribution is -0.167. The van der Waals surface area contributed by atoms with Gasteiger partial charge in [-0.2, -0.15) is 24.9 Å². The number of anilines is 1. The lowest BCUT2D eigenvalue weighted by Crippen LogP contribution is -2.48. The summed E-state index contributed by atoms with van der Waals surface area (Å²) in [6.45, 7) is 0. The van der Waals surface area contributed by atoms with Crippen molar-refractivity contribution >= 4 is 64.0 Å². The highest BCUT2D eigenvalue weighted by molar-refractivity contribution is 7.99. The molecule has 0 aliphatic heterocycles. The maximum Gasteiger partial charge on any atom is 0.450 e. The third-order valence-electron chi connectivity index (χ3n) is 5.24. The Morgan fingerprint density at radius 1 is 0.946 bits per heavy atom. The Hall–Kier alpha value is -2.56. The lowest BCUT2D eigenvalue weighted by atomic mass is 10.0. The molecule has 0 saturated carbocycles. The summed E-state index contributed by atoms with van der Waals surface area (Å²) in [5.41, 5.74) is 6.34. The van der Waals surface area contributed by atoms with Crippen LogP contribution in [0.4, 0.5) is 18.9 Å². The highest BCUT2D eigenvalue weighted by atomic mass is 35.5. The first-order valence-electron chi connectivity index (χ1n) is 11.2. The SMILES string of the molecule is NC(=O)[C@H](CCCSCC(=O)C(F)(F)F)N(C(=O)CCCC(=O)c1ccccc1)c1cc(Cl)cc(Cl)c1. The zero-order chi connectivity index (χ0) is 27.6. The van der Waals surface area contributed by atoms with Crippen molar-refractivity contribution in [2.45, 2.75) is 44.3 Å². The lowest BCUT2D eigenvalue weighted by Gasteiger charge is -2.30. The molecule has 0 heterocycles. The van der Waals surface area contributed by atoms with Crippen molar-refractivity contribution in [3.05, 3.63) is 64.1 Å². The van der Waals surface area contributed by atoms with Gasteiger partial charge in [-0.15, -0.1) is 0 Å². The summed E-state index contributed by atoms with van der Waals surface area (Å²) in [5.74, 6) is -3.92. The average Bonchev–Trinajstić information content (AvgIpc) is 2.82. The molecule has 0 spiro atoms. The monoisotopic (exact) mass is 576 g/mol. The third kappa shape index (κ3) is 10.0. The van der Waals surface area contributed by atoms with Gasteiger partial charge in [0, 0.05) is 34.1 Å². The molecule has 0 radical (unpaired) electrons. The molecular formula is C25H25Cl2F3N2O4S. The topological polar surface area (TPSA) is 97.5 Å². The first kappa shape index (κ1) is 30.7. The zero-order valence-corrected chi connectivity index (χ0v) is 21.9. The Morgan fingerprint density at radius 2 is 1.57 bits per heavy atom. The van der Waals surface area contributed by atoms with Crippen LogP contribution in [0.25, 0.3) is 0 Å². The first-order chi connectivity index (χ1) is 17.4. The van der Waals surface area contributed by atoms with Crippen molar-refractivity contribution in [2.24, 2.45) is 5.73 Å². The van der Waals surface area contributed by atoms with Gasteiger partial charge in [0.05, 0.1) is 5.75 Å². The summed E-state index contributed by atoms with van der Waals surface area (Å²) in [5, 5.41) is 0.424. The van der Waals surface area contributed by atoms with Crippen molar-refractivity contribution in [3.8, 4) is 0 Å². The molecule has 0 saturated heterocycles. The number of thioether (sulfide) groups is 1. The minimum atomic E-state index is -4.90. The van der Waals surface area contributed by atoms with Crippen molar-refractivity contribution in [2.75, 3.05) is 16.4 Å². The molecule has 0 aliphatic carbocycles. The molecule has 2 aromatic carbocycles. The molecule has 6 nitrogen and oxygen atoms in total. The van der Waals surface area contributed by atoms with E-state index in [1.54, 1.807) is 30.3 Å². The Morgan fingerprint density at radius 3 is 2.14 bits per heavy atom. The standard InChI is InChI=1S/C25H25Cl2F3N2O4S/c26-17-12-18(27)14-19(13-17)32(23(35)10-4-9-21(33)16-6-2-1-3-7-16)20(24(31)36)8-5-11-37-15-22(34)25(28,29)30/h1-3,6-7,12-14,20H,4-5,8-11,15H2,(H2,31,36)/t20-/m0/s1. The summed E-state index contributed by atoms with van der Waals surface area (Å²) >= 11 is 13.0. The van der Waals surface area contributed by atoms with Gasteiger partial charge in [-0.05, 0) is 43.2 Å². The summed E-state index contributed by atoms with van der Waals surface area (Å²) in [4.78, 5) is 50.2. The molecular weight excluding hydrogens is 552 g/mol. The molecule has 0 fully saturated rings. The van der Waals surface area contributed by atoms with E-state index < -0.39 is 35.6 Å². The quantitative estimate of drug-likeness (QED) is 0.224. The predicted molar refractivity (Wildman–Crippen MR) is 139 cm³/mol. The molecule has 0 aliphatic rings. The van der Waals surface area contributed by atoms with Gasteiger partial charge in [-0.3, -0.25) is 24.1 Å². The van der Waals surface area contributed by atoms with Gasteiger partial charge in [-0.25, -0.2) is 0 Å². The highest BCUT2D eigenvalue weighted by Gasteiger charge is 2.37. The van der Waals surface area contributed by atoms with Gasteiger partial charge >= 0.3 is 6.18 Å². The largest absolute Gasteiger partial charge is 0.450 e. The van der Waals surface area contributed by atoms with Gasteiger partial charge in [-0.1, -0.05) is 53.5 Å². The van der Waals surface area contributed by atoms with Crippen molar-refractivity contribution < 1.29 is 32.3 Å². The fraction of sp³-hybridized carbons (Fsp3) is 0.360. The van der Waals surface area contributed by atoms with E-state index >= 15 is 0 Å². The molecule has 2 N–H and O–H groups in total. The number of ketones is 2. The molecule has 0 bridgehead atoms. The third-order valence-corrected chi connectivity index (χ3v) is 6.72.